The van der Waals surface area contributed by atoms with Crippen LogP contribution in [-0.2, 0) is 6.54 Å². The van der Waals surface area contributed by atoms with Crippen LogP contribution in [0.5, 0.6) is 0 Å². The molecular formula is C9H6BrF3N2. The lowest BCUT2D eigenvalue weighted by Crippen LogP contribution is -2.17. The molecule has 0 radical (unpaired) electrons. The third kappa shape index (κ3) is 2.31. The highest BCUT2D eigenvalue weighted by Crippen LogP contribution is 2.22. The highest BCUT2D eigenvalue weighted by molar-refractivity contribution is 9.10. The number of hydrogen-bond donors (Lipinski definition) is 0. The Morgan fingerprint density at radius 2 is 2.00 bits per heavy atom. The second-order valence-electron chi connectivity index (χ2n) is 3.11. The van der Waals surface area contributed by atoms with Crippen molar-refractivity contribution in [3.63, 3.8) is 0 Å². The molecule has 2 heterocycles. The molecule has 0 saturated carbocycles. The SMILES string of the molecule is FC(F)(F)Cn1ccc2ccc(Br)nc21. The quantitative estimate of drug-likeness (QED) is 0.732. The van der Waals surface area contributed by atoms with Gasteiger partial charge in [0.2, 0.25) is 0 Å². The first-order valence-corrected chi connectivity index (χ1v) is 4.93. The van der Waals surface area contributed by atoms with E-state index < -0.39 is 12.7 Å². The highest BCUT2D eigenvalue weighted by atomic mass is 79.9. The summed E-state index contributed by atoms with van der Waals surface area (Å²) in [5, 5.41) is 0.697. The van der Waals surface area contributed by atoms with Crippen LogP contribution in [0, 0.1) is 0 Å². The summed E-state index contributed by atoms with van der Waals surface area (Å²) in [5.74, 6) is 0. The minimum atomic E-state index is -4.23. The number of rotatable bonds is 1. The molecule has 0 fully saturated rings. The molecule has 0 aromatic carbocycles. The van der Waals surface area contributed by atoms with Crippen molar-refractivity contribution >= 4 is 27.0 Å². The predicted molar refractivity (Wildman–Crippen MR) is 53.5 cm³/mol. The van der Waals surface area contributed by atoms with Gasteiger partial charge in [-0.15, -0.1) is 0 Å². The molecule has 0 atom stereocenters. The molecule has 15 heavy (non-hydrogen) atoms. The van der Waals surface area contributed by atoms with Gasteiger partial charge in [-0.25, -0.2) is 4.98 Å². The molecule has 80 valence electrons. The molecule has 2 nitrogen and oxygen atoms in total. The van der Waals surface area contributed by atoms with Crippen molar-refractivity contribution in [2.45, 2.75) is 12.7 Å². The van der Waals surface area contributed by atoms with E-state index in [0.717, 1.165) is 4.57 Å². The normalized spacial score (nSPS) is 12.3. The average Bonchev–Trinajstić information content (AvgIpc) is 2.46. The molecule has 6 heteroatoms. The van der Waals surface area contributed by atoms with Gasteiger partial charge in [-0.3, -0.25) is 0 Å². The molecule has 0 aliphatic rings. The molecule has 0 amide bonds. The van der Waals surface area contributed by atoms with Gasteiger partial charge in [0.05, 0.1) is 0 Å². The van der Waals surface area contributed by atoms with E-state index in [1.807, 2.05) is 0 Å². The first-order chi connectivity index (χ1) is 6.96. The third-order valence-corrected chi connectivity index (χ3v) is 2.37. The number of pyridine rings is 1. The molecule has 0 bridgehead atoms. The standard InChI is InChI=1S/C9H6BrF3N2/c10-7-2-1-6-3-4-15(8(6)14-7)5-9(11,12)13/h1-4H,5H2. The Bertz CT molecular complexity index is 490. The zero-order valence-corrected chi connectivity index (χ0v) is 9.01. The number of fused-ring (bicyclic) bond motifs is 1. The molecule has 2 rings (SSSR count). The second kappa shape index (κ2) is 3.52. The first kappa shape index (κ1) is 10.5. The molecule has 0 aliphatic carbocycles. The van der Waals surface area contributed by atoms with E-state index in [9.17, 15) is 13.2 Å². The second-order valence-corrected chi connectivity index (χ2v) is 3.92. The van der Waals surface area contributed by atoms with Crippen LogP contribution >= 0.6 is 15.9 Å². The lowest BCUT2D eigenvalue weighted by molar-refractivity contribution is -0.139. The van der Waals surface area contributed by atoms with Gasteiger partial charge >= 0.3 is 6.18 Å². The number of alkyl halides is 3. The fraction of sp³-hybridized carbons (Fsp3) is 0.222. The van der Waals surface area contributed by atoms with Crippen LogP contribution in [0.1, 0.15) is 0 Å². The molecule has 2 aromatic rings. The van der Waals surface area contributed by atoms with E-state index in [2.05, 4.69) is 20.9 Å². The Morgan fingerprint density at radius 1 is 1.27 bits per heavy atom. The van der Waals surface area contributed by atoms with Gasteiger partial charge in [-0.05, 0) is 34.1 Å². The summed E-state index contributed by atoms with van der Waals surface area (Å²) < 4.78 is 38.2. The van der Waals surface area contributed by atoms with Crippen molar-refractivity contribution in [2.24, 2.45) is 0 Å². The van der Waals surface area contributed by atoms with Crippen LogP contribution in [0.25, 0.3) is 11.0 Å². The lowest BCUT2D eigenvalue weighted by atomic mass is 10.3. The summed E-state index contributed by atoms with van der Waals surface area (Å²) in [6.07, 6.45) is -2.84. The van der Waals surface area contributed by atoms with Crippen molar-refractivity contribution in [1.82, 2.24) is 9.55 Å². The Balaban J connectivity index is 2.48. The zero-order chi connectivity index (χ0) is 11.1. The number of hydrogen-bond acceptors (Lipinski definition) is 1. The zero-order valence-electron chi connectivity index (χ0n) is 7.42. The van der Waals surface area contributed by atoms with Crippen LogP contribution < -0.4 is 0 Å². The minimum Gasteiger partial charge on any atom is -0.323 e. The molecular weight excluding hydrogens is 273 g/mol. The summed E-state index contributed by atoms with van der Waals surface area (Å²) in [6.45, 7) is -1.01. The molecule has 2 aromatic heterocycles. The molecule has 0 N–H and O–H groups in total. The van der Waals surface area contributed by atoms with Gasteiger partial charge in [0, 0.05) is 11.6 Å². The predicted octanol–water partition coefficient (Wildman–Crippen LogP) is 3.36. The Kier molecular flexibility index (Phi) is 2.46. The fourth-order valence-electron chi connectivity index (χ4n) is 1.36. The first-order valence-electron chi connectivity index (χ1n) is 4.14. The van der Waals surface area contributed by atoms with Crippen LogP contribution in [0.4, 0.5) is 13.2 Å². The molecule has 0 unspecified atom stereocenters. The van der Waals surface area contributed by atoms with E-state index in [0.29, 0.717) is 15.6 Å². The van der Waals surface area contributed by atoms with E-state index in [4.69, 9.17) is 0 Å². The van der Waals surface area contributed by atoms with Crippen LogP contribution in [0.2, 0.25) is 0 Å². The molecule has 0 saturated heterocycles. The number of aromatic nitrogens is 2. The van der Waals surface area contributed by atoms with E-state index in [-0.39, 0.29) is 0 Å². The monoisotopic (exact) mass is 278 g/mol. The van der Waals surface area contributed by atoms with Crippen molar-refractivity contribution in [1.29, 1.82) is 0 Å². The Hall–Kier alpha value is -1.04. The Labute approximate surface area is 91.8 Å². The Morgan fingerprint density at radius 3 is 2.67 bits per heavy atom. The van der Waals surface area contributed by atoms with E-state index >= 15 is 0 Å². The van der Waals surface area contributed by atoms with E-state index in [1.54, 1.807) is 18.2 Å². The summed E-state index contributed by atoms with van der Waals surface area (Å²) in [4.78, 5) is 4.00. The van der Waals surface area contributed by atoms with Crippen molar-refractivity contribution in [2.75, 3.05) is 0 Å². The maximum absolute atomic E-state index is 12.2. The molecule has 0 aliphatic heterocycles. The molecule has 0 spiro atoms. The van der Waals surface area contributed by atoms with Gasteiger partial charge in [-0.1, -0.05) is 0 Å². The summed E-state index contributed by atoms with van der Waals surface area (Å²) >= 11 is 3.13. The maximum Gasteiger partial charge on any atom is 0.406 e. The largest absolute Gasteiger partial charge is 0.406 e. The van der Waals surface area contributed by atoms with Gasteiger partial charge in [-0.2, -0.15) is 13.2 Å². The topological polar surface area (TPSA) is 17.8 Å². The fourth-order valence-corrected chi connectivity index (χ4v) is 1.66. The van der Waals surface area contributed by atoms with Crippen molar-refractivity contribution in [3.8, 4) is 0 Å². The van der Waals surface area contributed by atoms with Gasteiger partial charge in [0.1, 0.15) is 16.8 Å². The van der Waals surface area contributed by atoms with Gasteiger partial charge < -0.3 is 4.57 Å². The summed E-state index contributed by atoms with van der Waals surface area (Å²) in [6, 6.07) is 5.03. The number of nitrogens with zero attached hydrogens (tertiary/aromatic N) is 2. The average molecular weight is 279 g/mol. The number of halogens is 4. The van der Waals surface area contributed by atoms with E-state index in [1.165, 1.54) is 6.20 Å². The van der Waals surface area contributed by atoms with Gasteiger partial charge in [0.15, 0.2) is 0 Å². The van der Waals surface area contributed by atoms with Crippen LogP contribution in [0.15, 0.2) is 29.0 Å². The highest BCUT2D eigenvalue weighted by Gasteiger charge is 2.28. The van der Waals surface area contributed by atoms with Crippen LogP contribution in [-0.4, -0.2) is 15.7 Å². The maximum atomic E-state index is 12.2. The summed E-state index contributed by atoms with van der Waals surface area (Å²) in [5.41, 5.74) is 0.335. The van der Waals surface area contributed by atoms with Crippen molar-refractivity contribution < 1.29 is 13.2 Å². The van der Waals surface area contributed by atoms with Crippen molar-refractivity contribution in [3.05, 3.63) is 29.0 Å². The smallest absolute Gasteiger partial charge is 0.323 e. The lowest BCUT2D eigenvalue weighted by Gasteiger charge is -2.08. The van der Waals surface area contributed by atoms with Gasteiger partial charge in [0.25, 0.3) is 0 Å². The summed E-state index contributed by atoms with van der Waals surface area (Å²) in [7, 11) is 0. The third-order valence-electron chi connectivity index (χ3n) is 1.93. The minimum absolute atomic E-state index is 0.335. The van der Waals surface area contributed by atoms with Crippen LogP contribution in [0.3, 0.4) is 0 Å².